The van der Waals surface area contributed by atoms with Gasteiger partial charge in [-0.15, -0.1) is 0 Å². The van der Waals surface area contributed by atoms with Crippen molar-refractivity contribution in [1.29, 1.82) is 0 Å². The Labute approximate surface area is 91.8 Å². The van der Waals surface area contributed by atoms with Crippen molar-refractivity contribution in [3.05, 3.63) is 0 Å². The van der Waals surface area contributed by atoms with Crippen LogP contribution in [-0.2, 0) is 9.53 Å². The van der Waals surface area contributed by atoms with E-state index in [9.17, 15) is 4.79 Å². The zero-order valence-corrected chi connectivity index (χ0v) is 10.1. The van der Waals surface area contributed by atoms with E-state index in [0.29, 0.717) is 12.5 Å². The summed E-state index contributed by atoms with van der Waals surface area (Å²) >= 11 is 0. The smallest absolute Gasteiger partial charge is 0.254 e. The maximum atomic E-state index is 12.1. The van der Waals surface area contributed by atoms with E-state index in [4.69, 9.17) is 10.5 Å². The van der Waals surface area contributed by atoms with Gasteiger partial charge < -0.3 is 15.4 Å². The predicted molar refractivity (Wildman–Crippen MR) is 59.4 cm³/mol. The largest absolute Gasteiger partial charge is 0.369 e. The first kappa shape index (κ1) is 12.5. The molecule has 4 nitrogen and oxygen atoms in total. The monoisotopic (exact) mass is 214 g/mol. The van der Waals surface area contributed by atoms with Gasteiger partial charge in [-0.25, -0.2) is 0 Å². The fourth-order valence-corrected chi connectivity index (χ4v) is 1.81. The molecular formula is C11H22N2O2. The highest BCUT2D eigenvalue weighted by atomic mass is 16.5. The van der Waals surface area contributed by atoms with Gasteiger partial charge in [0.1, 0.15) is 5.60 Å². The molecule has 15 heavy (non-hydrogen) atoms. The van der Waals surface area contributed by atoms with Gasteiger partial charge >= 0.3 is 0 Å². The maximum Gasteiger partial charge on any atom is 0.254 e. The number of methoxy groups -OCH3 is 1. The summed E-state index contributed by atoms with van der Waals surface area (Å²) in [6, 6.07) is 0.173. The van der Waals surface area contributed by atoms with Crippen LogP contribution in [0.25, 0.3) is 0 Å². The third kappa shape index (κ3) is 2.69. The van der Waals surface area contributed by atoms with E-state index < -0.39 is 5.60 Å². The molecule has 0 bridgehead atoms. The lowest BCUT2D eigenvalue weighted by atomic mass is 10.1. The summed E-state index contributed by atoms with van der Waals surface area (Å²) in [5.74, 6) is 0.601. The molecule has 1 aliphatic carbocycles. The summed E-state index contributed by atoms with van der Waals surface area (Å²) in [6.45, 7) is 4.10. The molecule has 1 aliphatic rings. The van der Waals surface area contributed by atoms with Gasteiger partial charge in [0.2, 0.25) is 0 Å². The number of hydrogen-bond acceptors (Lipinski definition) is 3. The molecule has 1 amide bonds. The number of likely N-dealkylation sites (N-methyl/N-ethyl adjacent to an activating group) is 1. The average Bonchev–Trinajstić information content (AvgIpc) is 3.01. The van der Waals surface area contributed by atoms with Crippen LogP contribution < -0.4 is 5.73 Å². The highest BCUT2D eigenvalue weighted by Gasteiger charge is 2.39. The van der Waals surface area contributed by atoms with E-state index in [2.05, 4.69) is 0 Å². The Balaban J connectivity index is 2.65. The van der Waals surface area contributed by atoms with Crippen molar-refractivity contribution >= 4 is 5.91 Å². The van der Waals surface area contributed by atoms with Crippen LogP contribution in [0.15, 0.2) is 0 Å². The number of nitrogens with two attached hydrogens (primary N) is 1. The number of amides is 1. The molecule has 2 N–H and O–H groups in total. The Kier molecular flexibility index (Phi) is 3.73. The fraction of sp³-hybridized carbons (Fsp3) is 0.909. The Morgan fingerprint density at radius 1 is 1.60 bits per heavy atom. The Morgan fingerprint density at radius 3 is 2.47 bits per heavy atom. The second-order valence-electron chi connectivity index (χ2n) is 4.77. The molecule has 88 valence electrons. The summed E-state index contributed by atoms with van der Waals surface area (Å²) in [6.07, 6.45) is 2.37. The Bertz CT molecular complexity index is 237. The molecule has 1 saturated carbocycles. The molecule has 1 rings (SSSR count). The first-order chi connectivity index (χ1) is 6.94. The van der Waals surface area contributed by atoms with Crippen molar-refractivity contribution in [3.8, 4) is 0 Å². The van der Waals surface area contributed by atoms with E-state index in [1.54, 1.807) is 25.9 Å². The van der Waals surface area contributed by atoms with Crippen LogP contribution in [0.5, 0.6) is 0 Å². The zero-order chi connectivity index (χ0) is 11.6. The molecule has 1 unspecified atom stereocenters. The summed E-state index contributed by atoms with van der Waals surface area (Å²) in [4.78, 5) is 13.8. The van der Waals surface area contributed by atoms with Crippen molar-refractivity contribution in [3.63, 3.8) is 0 Å². The minimum Gasteiger partial charge on any atom is -0.369 e. The molecule has 0 aliphatic heterocycles. The van der Waals surface area contributed by atoms with Gasteiger partial charge in [-0.2, -0.15) is 0 Å². The quantitative estimate of drug-likeness (QED) is 0.729. The molecule has 0 saturated heterocycles. The van der Waals surface area contributed by atoms with Gasteiger partial charge in [0.25, 0.3) is 5.91 Å². The number of carbonyl (C=O) groups excluding carboxylic acids is 1. The van der Waals surface area contributed by atoms with E-state index in [1.165, 1.54) is 12.8 Å². The van der Waals surface area contributed by atoms with E-state index in [1.807, 2.05) is 7.05 Å². The lowest BCUT2D eigenvalue weighted by Crippen LogP contribution is -2.51. The number of nitrogens with zero attached hydrogens (tertiary/aromatic N) is 1. The zero-order valence-electron chi connectivity index (χ0n) is 10.1. The van der Waals surface area contributed by atoms with Crippen LogP contribution in [0.3, 0.4) is 0 Å². The van der Waals surface area contributed by atoms with Gasteiger partial charge in [-0.1, -0.05) is 0 Å². The summed E-state index contributed by atoms with van der Waals surface area (Å²) in [5, 5.41) is 0. The van der Waals surface area contributed by atoms with Gasteiger partial charge in [0, 0.05) is 26.7 Å². The van der Waals surface area contributed by atoms with Gasteiger partial charge in [-0.3, -0.25) is 4.79 Å². The normalized spacial score (nSPS) is 18.7. The maximum absolute atomic E-state index is 12.1. The predicted octanol–water partition coefficient (Wildman–Crippen LogP) is 0.607. The first-order valence-corrected chi connectivity index (χ1v) is 5.46. The second kappa shape index (κ2) is 4.49. The third-order valence-electron chi connectivity index (χ3n) is 3.25. The molecule has 0 radical (unpaired) electrons. The number of carbonyl (C=O) groups is 1. The van der Waals surface area contributed by atoms with Gasteiger partial charge in [0.05, 0.1) is 0 Å². The molecule has 1 fully saturated rings. The van der Waals surface area contributed by atoms with Crippen LogP contribution in [0, 0.1) is 5.92 Å². The van der Waals surface area contributed by atoms with E-state index >= 15 is 0 Å². The SMILES string of the molecule is COC(C)(C)C(=O)N(C)C(CN)C1CC1. The second-order valence-corrected chi connectivity index (χ2v) is 4.77. The van der Waals surface area contributed by atoms with Crippen molar-refractivity contribution in [2.75, 3.05) is 20.7 Å². The number of ether oxygens (including phenoxy) is 1. The van der Waals surface area contributed by atoms with Crippen molar-refractivity contribution < 1.29 is 9.53 Å². The Morgan fingerprint density at radius 2 is 2.13 bits per heavy atom. The minimum absolute atomic E-state index is 0.00681. The van der Waals surface area contributed by atoms with Gasteiger partial charge in [-0.05, 0) is 32.6 Å². The summed E-state index contributed by atoms with van der Waals surface area (Å²) in [5.41, 5.74) is 4.95. The van der Waals surface area contributed by atoms with E-state index in [-0.39, 0.29) is 11.9 Å². The summed E-state index contributed by atoms with van der Waals surface area (Å²) in [7, 11) is 3.37. The van der Waals surface area contributed by atoms with Crippen LogP contribution in [0.1, 0.15) is 26.7 Å². The first-order valence-electron chi connectivity index (χ1n) is 5.46. The summed E-state index contributed by atoms with van der Waals surface area (Å²) < 4.78 is 5.18. The highest BCUT2D eigenvalue weighted by molar-refractivity contribution is 5.84. The molecule has 0 spiro atoms. The highest BCUT2D eigenvalue weighted by Crippen LogP contribution is 2.35. The van der Waals surface area contributed by atoms with Crippen LogP contribution in [-0.4, -0.2) is 43.2 Å². The molecular weight excluding hydrogens is 192 g/mol. The Hall–Kier alpha value is -0.610. The van der Waals surface area contributed by atoms with Crippen molar-refractivity contribution in [2.45, 2.75) is 38.3 Å². The standard InChI is InChI=1S/C11H22N2O2/c1-11(2,15-4)10(14)13(3)9(7-12)8-5-6-8/h8-9H,5-7,12H2,1-4H3. The van der Waals surface area contributed by atoms with Crippen molar-refractivity contribution in [2.24, 2.45) is 11.7 Å². The van der Waals surface area contributed by atoms with Crippen LogP contribution >= 0.6 is 0 Å². The molecule has 4 heteroatoms. The molecule has 0 aromatic heterocycles. The molecule has 0 aromatic carbocycles. The molecule has 0 heterocycles. The third-order valence-corrected chi connectivity index (χ3v) is 3.25. The van der Waals surface area contributed by atoms with Crippen LogP contribution in [0.4, 0.5) is 0 Å². The lowest BCUT2D eigenvalue weighted by Gasteiger charge is -2.33. The number of hydrogen-bond donors (Lipinski definition) is 1. The van der Waals surface area contributed by atoms with Crippen LogP contribution in [0.2, 0.25) is 0 Å². The topological polar surface area (TPSA) is 55.6 Å². The fourth-order valence-electron chi connectivity index (χ4n) is 1.81. The van der Waals surface area contributed by atoms with E-state index in [0.717, 1.165) is 0 Å². The number of rotatable bonds is 5. The van der Waals surface area contributed by atoms with Crippen molar-refractivity contribution in [1.82, 2.24) is 4.90 Å². The molecule has 1 atom stereocenters. The lowest BCUT2D eigenvalue weighted by molar-refractivity contribution is -0.152. The average molecular weight is 214 g/mol. The molecule has 0 aromatic rings. The minimum atomic E-state index is -0.753. The van der Waals surface area contributed by atoms with Gasteiger partial charge in [0.15, 0.2) is 0 Å².